The third kappa shape index (κ3) is 2.88. The van der Waals surface area contributed by atoms with Gasteiger partial charge < -0.3 is 9.32 Å². The Labute approximate surface area is 108 Å². The molecule has 0 saturated carbocycles. The molecule has 1 aromatic heterocycles. The van der Waals surface area contributed by atoms with E-state index in [4.69, 9.17) is 4.42 Å². The van der Waals surface area contributed by atoms with Crippen molar-refractivity contribution in [1.29, 1.82) is 0 Å². The molecule has 0 aliphatic rings. The van der Waals surface area contributed by atoms with Crippen LogP contribution in [0.25, 0.3) is 0 Å². The predicted molar refractivity (Wildman–Crippen MR) is 71.7 cm³/mol. The SMILES string of the molecule is CCN(Cc1nnc(C)o1)c1cc(C)cc(C)c1. The lowest BCUT2D eigenvalue weighted by Crippen LogP contribution is -2.22. The number of benzene rings is 1. The van der Waals surface area contributed by atoms with Crippen molar-refractivity contribution in [1.82, 2.24) is 10.2 Å². The predicted octanol–water partition coefficient (Wildman–Crippen LogP) is 3.02. The molecule has 18 heavy (non-hydrogen) atoms. The number of nitrogens with zero attached hydrogens (tertiary/aromatic N) is 3. The van der Waals surface area contributed by atoms with E-state index in [1.807, 2.05) is 6.92 Å². The molecular weight excluding hydrogens is 226 g/mol. The summed E-state index contributed by atoms with van der Waals surface area (Å²) >= 11 is 0. The maximum atomic E-state index is 5.43. The lowest BCUT2D eigenvalue weighted by molar-refractivity contribution is 0.463. The molecule has 0 fully saturated rings. The Morgan fingerprint density at radius 1 is 1.06 bits per heavy atom. The minimum atomic E-state index is 0.612. The van der Waals surface area contributed by atoms with Gasteiger partial charge in [-0.1, -0.05) is 6.07 Å². The second-order valence-electron chi connectivity index (χ2n) is 4.57. The molecule has 0 spiro atoms. The smallest absolute Gasteiger partial charge is 0.235 e. The van der Waals surface area contributed by atoms with Crippen LogP contribution in [-0.4, -0.2) is 16.7 Å². The van der Waals surface area contributed by atoms with Gasteiger partial charge in [0.15, 0.2) is 0 Å². The van der Waals surface area contributed by atoms with Gasteiger partial charge in [0, 0.05) is 19.2 Å². The minimum absolute atomic E-state index is 0.612. The highest BCUT2D eigenvalue weighted by Gasteiger charge is 2.10. The van der Waals surface area contributed by atoms with E-state index in [2.05, 4.69) is 54.1 Å². The molecule has 0 aliphatic carbocycles. The van der Waals surface area contributed by atoms with Crippen LogP contribution in [-0.2, 0) is 6.54 Å². The van der Waals surface area contributed by atoms with Crippen molar-refractivity contribution in [3.05, 3.63) is 41.1 Å². The second-order valence-corrected chi connectivity index (χ2v) is 4.57. The molecule has 96 valence electrons. The number of hydrogen-bond acceptors (Lipinski definition) is 4. The zero-order chi connectivity index (χ0) is 13.1. The maximum Gasteiger partial charge on any atom is 0.235 e. The lowest BCUT2D eigenvalue weighted by atomic mass is 10.1. The zero-order valence-corrected chi connectivity index (χ0v) is 11.4. The average Bonchev–Trinajstić information content (AvgIpc) is 2.70. The number of aryl methyl sites for hydroxylation is 3. The van der Waals surface area contributed by atoms with E-state index >= 15 is 0 Å². The van der Waals surface area contributed by atoms with Gasteiger partial charge >= 0.3 is 0 Å². The van der Waals surface area contributed by atoms with Crippen LogP contribution < -0.4 is 4.90 Å². The Bertz CT molecular complexity index is 513. The molecule has 1 aromatic carbocycles. The van der Waals surface area contributed by atoms with Crippen molar-refractivity contribution in [2.75, 3.05) is 11.4 Å². The van der Waals surface area contributed by atoms with Crippen molar-refractivity contribution >= 4 is 5.69 Å². The highest BCUT2D eigenvalue weighted by atomic mass is 16.4. The van der Waals surface area contributed by atoms with Crippen LogP contribution in [0.1, 0.15) is 29.8 Å². The van der Waals surface area contributed by atoms with Crippen molar-refractivity contribution < 1.29 is 4.42 Å². The topological polar surface area (TPSA) is 42.2 Å². The van der Waals surface area contributed by atoms with Crippen LogP contribution in [0.4, 0.5) is 5.69 Å². The fourth-order valence-electron chi connectivity index (χ4n) is 2.08. The molecule has 4 nitrogen and oxygen atoms in total. The van der Waals surface area contributed by atoms with Gasteiger partial charge in [0.05, 0.1) is 6.54 Å². The molecule has 0 atom stereocenters. The van der Waals surface area contributed by atoms with Gasteiger partial charge in [-0.3, -0.25) is 0 Å². The van der Waals surface area contributed by atoms with E-state index in [0.717, 1.165) is 6.54 Å². The zero-order valence-electron chi connectivity index (χ0n) is 11.4. The van der Waals surface area contributed by atoms with Crippen LogP contribution in [0, 0.1) is 20.8 Å². The maximum absolute atomic E-state index is 5.43. The molecule has 0 N–H and O–H groups in total. The molecule has 2 rings (SSSR count). The molecule has 1 heterocycles. The first-order chi connectivity index (χ1) is 8.58. The Balaban J connectivity index is 2.22. The third-order valence-electron chi connectivity index (χ3n) is 2.85. The van der Waals surface area contributed by atoms with Gasteiger partial charge in [-0.2, -0.15) is 0 Å². The highest BCUT2D eigenvalue weighted by molar-refractivity contribution is 5.50. The van der Waals surface area contributed by atoms with Crippen LogP contribution >= 0.6 is 0 Å². The van der Waals surface area contributed by atoms with Gasteiger partial charge in [0.2, 0.25) is 11.8 Å². The molecule has 0 unspecified atom stereocenters. The van der Waals surface area contributed by atoms with Gasteiger partial charge in [0.1, 0.15) is 0 Å². The fraction of sp³-hybridized carbons (Fsp3) is 0.429. The lowest BCUT2D eigenvalue weighted by Gasteiger charge is -2.22. The van der Waals surface area contributed by atoms with E-state index in [1.54, 1.807) is 0 Å². The van der Waals surface area contributed by atoms with Gasteiger partial charge in [-0.05, 0) is 44.0 Å². The Morgan fingerprint density at radius 2 is 1.72 bits per heavy atom. The van der Waals surface area contributed by atoms with Crippen LogP contribution in [0.3, 0.4) is 0 Å². The summed E-state index contributed by atoms with van der Waals surface area (Å²) in [5.74, 6) is 1.27. The van der Waals surface area contributed by atoms with Crippen molar-refractivity contribution in [3.63, 3.8) is 0 Å². The second kappa shape index (κ2) is 5.21. The van der Waals surface area contributed by atoms with Gasteiger partial charge in [-0.15, -0.1) is 10.2 Å². The van der Waals surface area contributed by atoms with E-state index in [-0.39, 0.29) is 0 Å². The molecule has 2 aromatic rings. The molecule has 0 radical (unpaired) electrons. The number of anilines is 1. The Morgan fingerprint density at radius 3 is 2.22 bits per heavy atom. The van der Waals surface area contributed by atoms with E-state index in [9.17, 15) is 0 Å². The molecule has 4 heteroatoms. The van der Waals surface area contributed by atoms with Crippen LogP contribution in [0.5, 0.6) is 0 Å². The number of aromatic nitrogens is 2. The summed E-state index contributed by atoms with van der Waals surface area (Å²) in [5, 5.41) is 7.90. The molecule has 0 amide bonds. The number of hydrogen-bond donors (Lipinski definition) is 0. The van der Waals surface area contributed by atoms with Crippen molar-refractivity contribution in [3.8, 4) is 0 Å². The quantitative estimate of drug-likeness (QED) is 0.830. The number of rotatable bonds is 4. The first-order valence-corrected chi connectivity index (χ1v) is 6.20. The fourth-order valence-corrected chi connectivity index (χ4v) is 2.08. The van der Waals surface area contributed by atoms with Gasteiger partial charge in [-0.25, -0.2) is 0 Å². The largest absolute Gasteiger partial charge is 0.424 e. The molecular formula is C14H19N3O. The monoisotopic (exact) mass is 245 g/mol. The van der Waals surface area contributed by atoms with E-state index in [1.165, 1.54) is 16.8 Å². The molecule has 0 saturated heterocycles. The normalized spacial score (nSPS) is 10.7. The first kappa shape index (κ1) is 12.6. The first-order valence-electron chi connectivity index (χ1n) is 6.20. The summed E-state index contributed by atoms with van der Waals surface area (Å²) in [4.78, 5) is 2.23. The third-order valence-corrected chi connectivity index (χ3v) is 2.85. The van der Waals surface area contributed by atoms with E-state index < -0.39 is 0 Å². The minimum Gasteiger partial charge on any atom is -0.424 e. The summed E-state index contributed by atoms with van der Waals surface area (Å²) in [7, 11) is 0. The van der Waals surface area contributed by atoms with Gasteiger partial charge in [0.25, 0.3) is 0 Å². The average molecular weight is 245 g/mol. The van der Waals surface area contributed by atoms with Crippen LogP contribution in [0.15, 0.2) is 22.6 Å². The van der Waals surface area contributed by atoms with Crippen molar-refractivity contribution in [2.24, 2.45) is 0 Å². The summed E-state index contributed by atoms with van der Waals surface area (Å²) in [6.45, 7) is 9.72. The summed E-state index contributed by atoms with van der Waals surface area (Å²) < 4.78 is 5.43. The summed E-state index contributed by atoms with van der Waals surface area (Å²) in [6, 6.07) is 6.54. The van der Waals surface area contributed by atoms with Crippen LogP contribution in [0.2, 0.25) is 0 Å². The highest BCUT2D eigenvalue weighted by Crippen LogP contribution is 2.20. The molecule has 0 bridgehead atoms. The summed E-state index contributed by atoms with van der Waals surface area (Å²) in [6.07, 6.45) is 0. The Hall–Kier alpha value is -1.84. The summed E-state index contributed by atoms with van der Waals surface area (Å²) in [5.41, 5.74) is 3.74. The van der Waals surface area contributed by atoms with Crippen molar-refractivity contribution in [2.45, 2.75) is 34.2 Å². The standard InChI is InChI=1S/C14H19N3O/c1-5-17(9-14-16-15-12(4)18-14)13-7-10(2)6-11(3)8-13/h6-8H,5,9H2,1-4H3. The van der Waals surface area contributed by atoms with E-state index in [0.29, 0.717) is 18.3 Å². The Kier molecular flexibility index (Phi) is 3.65. The molecule has 0 aliphatic heterocycles.